The second-order valence-electron chi connectivity index (χ2n) is 7.41. The van der Waals surface area contributed by atoms with E-state index in [9.17, 15) is 18.3 Å². The molecule has 0 unspecified atom stereocenters. The highest BCUT2D eigenvalue weighted by Gasteiger charge is 2.16. The average molecular weight is 446 g/mol. The highest BCUT2D eigenvalue weighted by atomic mass is 19.2. The molecule has 4 aromatic carbocycles. The van der Waals surface area contributed by atoms with Crippen LogP contribution in [-0.4, -0.2) is 11.7 Å². The highest BCUT2D eigenvalue weighted by Crippen LogP contribution is 2.32. The maximum atomic E-state index is 14.8. The molecule has 33 heavy (non-hydrogen) atoms. The first kappa shape index (κ1) is 22.2. The minimum atomic E-state index is -0.951. The molecule has 0 atom stereocenters. The largest absolute Gasteiger partial charge is 0.508 e. The van der Waals surface area contributed by atoms with Crippen molar-refractivity contribution in [2.45, 2.75) is 6.92 Å². The maximum absolute atomic E-state index is 14.8. The van der Waals surface area contributed by atoms with E-state index in [2.05, 4.69) is 0 Å². The fourth-order valence-corrected chi connectivity index (χ4v) is 3.50. The normalized spacial score (nSPS) is 11.2. The van der Waals surface area contributed by atoms with Crippen molar-refractivity contribution in [1.82, 2.24) is 0 Å². The van der Waals surface area contributed by atoms with Gasteiger partial charge in [-0.15, -0.1) is 0 Å². The molecule has 2 nitrogen and oxygen atoms in total. The van der Waals surface area contributed by atoms with Crippen LogP contribution in [0.1, 0.15) is 18.1 Å². The van der Waals surface area contributed by atoms with Crippen LogP contribution in [-0.2, 0) is 0 Å². The summed E-state index contributed by atoms with van der Waals surface area (Å²) >= 11 is 0. The van der Waals surface area contributed by atoms with Gasteiger partial charge >= 0.3 is 0 Å². The minimum Gasteiger partial charge on any atom is -0.508 e. The van der Waals surface area contributed by atoms with E-state index < -0.39 is 11.6 Å². The van der Waals surface area contributed by atoms with E-state index in [0.717, 1.165) is 5.56 Å². The van der Waals surface area contributed by atoms with Crippen molar-refractivity contribution in [1.29, 1.82) is 0 Å². The summed E-state index contributed by atoms with van der Waals surface area (Å²) in [6.45, 7) is 2.30. The van der Waals surface area contributed by atoms with Gasteiger partial charge in [-0.2, -0.15) is 0 Å². The Morgan fingerprint density at radius 3 is 1.85 bits per heavy atom. The summed E-state index contributed by atoms with van der Waals surface area (Å²) in [7, 11) is 0. The lowest BCUT2D eigenvalue weighted by Gasteiger charge is -2.10. The van der Waals surface area contributed by atoms with Crippen LogP contribution in [0, 0.1) is 17.5 Å². The van der Waals surface area contributed by atoms with Crippen molar-refractivity contribution in [3.05, 3.63) is 107 Å². The first-order valence-electron chi connectivity index (χ1n) is 10.4. The van der Waals surface area contributed by atoms with Crippen LogP contribution in [0.15, 0.2) is 78.9 Å². The lowest BCUT2D eigenvalue weighted by Crippen LogP contribution is -1.94. The van der Waals surface area contributed by atoms with Gasteiger partial charge in [-0.05, 0) is 47.9 Å². The summed E-state index contributed by atoms with van der Waals surface area (Å²) in [6, 6.07) is 20.5. The second kappa shape index (κ2) is 9.65. The van der Waals surface area contributed by atoms with Crippen LogP contribution in [0.3, 0.4) is 0 Å². The number of phenols is 1. The third-order valence-electron chi connectivity index (χ3n) is 5.22. The zero-order chi connectivity index (χ0) is 23.4. The van der Waals surface area contributed by atoms with Crippen molar-refractivity contribution in [3.63, 3.8) is 0 Å². The quantitative estimate of drug-likeness (QED) is 0.307. The predicted octanol–water partition coefficient (Wildman–Crippen LogP) is 7.71. The van der Waals surface area contributed by atoms with Crippen LogP contribution < -0.4 is 4.74 Å². The molecule has 0 aliphatic carbocycles. The lowest BCUT2D eigenvalue weighted by molar-refractivity contribution is 0.338. The zero-order valence-electron chi connectivity index (χ0n) is 17.9. The van der Waals surface area contributed by atoms with E-state index in [1.807, 2.05) is 6.92 Å². The number of halogens is 3. The Kier molecular flexibility index (Phi) is 6.50. The van der Waals surface area contributed by atoms with Crippen LogP contribution in [0.4, 0.5) is 13.2 Å². The lowest BCUT2D eigenvalue weighted by atomic mass is 9.98. The molecule has 0 aromatic heterocycles. The van der Waals surface area contributed by atoms with Gasteiger partial charge in [0.15, 0.2) is 11.6 Å². The minimum absolute atomic E-state index is 0.0515. The predicted molar refractivity (Wildman–Crippen MR) is 125 cm³/mol. The van der Waals surface area contributed by atoms with Gasteiger partial charge in [-0.3, -0.25) is 0 Å². The van der Waals surface area contributed by atoms with E-state index in [1.54, 1.807) is 48.6 Å². The summed E-state index contributed by atoms with van der Waals surface area (Å²) in [5.41, 5.74) is 2.45. The molecule has 0 aliphatic heterocycles. The molecule has 1 N–H and O–H groups in total. The van der Waals surface area contributed by atoms with Crippen molar-refractivity contribution in [2.24, 2.45) is 0 Å². The van der Waals surface area contributed by atoms with Gasteiger partial charge in [-0.1, -0.05) is 60.7 Å². The molecular weight excluding hydrogens is 425 g/mol. The Morgan fingerprint density at radius 2 is 1.30 bits per heavy atom. The Morgan fingerprint density at radius 1 is 0.727 bits per heavy atom. The monoisotopic (exact) mass is 446 g/mol. The van der Waals surface area contributed by atoms with Crippen molar-refractivity contribution >= 4 is 12.2 Å². The summed E-state index contributed by atoms with van der Waals surface area (Å²) in [4.78, 5) is 0. The summed E-state index contributed by atoms with van der Waals surface area (Å²) < 4.78 is 49.0. The smallest absolute Gasteiger partial charge is 0.167 e. The number of hydrogen-bond donors (Lipinski definition) is 1. The highest BCUT2D eigenvalue weighted by molar-refractivity contribution is 5.75. The van der Waals surface area contributed by atoms with Crippen LogP contribution in [0.5, 0.6) is 11.5 Å². The third kappa shape index (κ3) is 4.93. The zero-order valence-corrected chi connectivity index (χ0v) is 17.9. The first-order valence-corrected chi connectivity index (χ1v) is 10.4. The maximum Gasteiger partial charge on any atom is 0.167 e. The molecule has 166 valence electrons. The molecule has 0 bridgehead atoms. The topological polar surface area (TPSA) is 29.5 Å². The molecular formula is C28H21F3O2. The summed E-state index contributed by atoms with van der Waals surface area (Å²) in [5, 5.41) is 9.39. The van der Waals surface area contributed by atoms with Gasteiger partial charge in [0.05, 0.1) is 6.61 Å². The van der Waals surface area contributed by atoms with Crippen molar-refractivity contribution in [3.8, 4) is 33.8 Å². The van der Waals surface area contributed by atoms with E-state index in [4.69, 9.17) is 4.74 Å². The van der Waals surface area contributed by atoms with Crippen molar-refractivity contribution < 1.29 is 23.0 Å². The average Bonchev–Trinajstić information content (AvgIpc) is 2.82. The Balaban J connectivity index is 1.55. The first-order chi connectivity index (χ1) is 16.0. The SMILES string of the molecule is CCOc1ccc(/C=C/c2ccc(-c3ccc(-c4ccc(O)cc4)c(F)c3F)cc2)c(F)c1. The van der Waals surface area contributed by atoms with Gasteiger partial charge in [0.2, 0.25) is 0 Å². The summed E-state index contributed by atoms with van der Waals surface area (Å²) in [6.07, 6.45) is 3.39. The van der Waals surface area contributed by atoms with E-state index in [0.29, 0.717) is 29.0 Å². The molecule has 0 heterocycles. The molecule has 5 heteroatoms. The molecule has 4 rings (SSSR count). The van der Waals surface area contributed by atoms with Gasteiger partial charge in [0, 0.05) is 22.8 Å². The van der Waals surface area contributed by atoms with Crippen molar-refractivity contribution in [2.75, 3.05) is 6.61 Å². The van der Waals surface area contributed by atoms with Gasteiger partial charge in [0.25, 0.3) is 0 Å². The fraction of sp³-hybridized carbons (Fsp3) is 0.0714. The molecule has 0 saturated carbocycles. The number of benzene rings is 4. The molecule has 0 radical (unpaired) electrons. The molecule has 4 aromatic rings. The molecule has 0 amide bonds. The van der Waals surface area contributed by atoms with E-state index in [-0.39, 0.29) is 22.7 Å². The van der Waals surface area contributed by atoms with Crippen LogP contribution >= 0.6 is 0 Å². The molecule has 0 spiro atoms. The fourth-order valence-electron chi connectivity index (χ4n) is 3.50. The van der Waals surface area contributed by atoms with Crippen LogP contribution in [0.2, 0.25) is 0 Å². The molecule has 0 saturated heterocycles. The van der Waals surface area contributed by atoms with Gasteiger partial charge in [-0.25, -0.2) is 13.2 Å². The Hall–Kier alpha value is -3.99. The van der Waals surface area contributed by atoms with E-state index >= 15 is 0 Å². The standard InChI is InChI=1S/C28H21F3O2/c1-2-33-23-14-11-21(26(29)17-23)8-5-18-3-6-19(7-4-18)24-15-16-25(28(31)27(24)30)20-9-12-22(32)13-10-20/h3-17,32H,2H2,1H3/b8-5+. The number of phenolic OH excluding ortho intramolecular Hbond substituents is 1. The Bertz CT molecular complexity index is 1290. The Labute approximate surface area is 190 Å². The molecule has 0 fully saturated rings. The molecule has 0 aliphatic rings. The number of ether oxygens (including phenoxy) is 1. The van der Waals surface area contributed by atoms with Gasteiger partial charge < -0.3 is 9.84 Å². The van der Waals surface area contributed by atoms with E-state index in [1.165, 1.54) is 42.5 Å². The number of rotatable bonds is 6. The van der Waals surface area contributed by atoms with Crippen LogP contribution in [0.25, 0.3) is 34.4 Å². The number of hydrogen-bond acceptors (Lipinski definition) is 2. The summed E-state index contributed by atoms with van der Waals surface area (Å²) in [5.74, 6) is -1.76. The van der Waals surface area contributed by atoms with Gasteiger partial charge in [0.1, 0.15) is 17.3 Å². The third-order valence-corrected chi connectivity index (χ3v) is 5.22. The number of aromatic hydroxyl groups is 1. The second-order valence-corrected chi connectivity index (χ2v) is 7.41.